The smallest absolute Gasteiger partial charge is 0.129 e. The standard InChI is InChI=1S/C15H10ClF2N3/c16-12-8-19-5-4-10(12)15-7-9(20-21-15)6-11-13(17)2-1-3-14(11)18/h1-5,7-8H,6H2,(H,20,21). The van der Waals surface area contributed by atoms with E-state index in [9.17, 15) is 8.78 Å². The van der Waals surface area contributed by atoms with Gasteiger partial charge >= 0.3 is 0 Å². The summed E-state index contributed by atoms with van der Waals surface area (Å²) in [6.07, 6.45) is 3.21. The summed E-state index contributed by atoms with van der Waals surface area (Å²) in [4.78, 5) is 3.90. The summed E-state index contributed by atoms with van der Waals surface area (Å²) < 4.78 is 27.3. The maximum absolute atomic E-state index is 13.6. The second kappa shape index (κ2) is 5.61. The third kappa shape index (κ3) is 2.78. The van der Waals surface area contributed by atoms with Gasteiger partial charge in [0.1, 0.15) is 11.6 Å². The van der Waals surface area contributed by atoms with Crippen LogP contribution in [0.4, 0.5) is 8.78 Å². The molecule has 0 aliphatic heterocycles. The number of rotatable bonds is 3. The Balaban J connectivity index is 1.91. The molecule has 2 heterocycles. The maximum Gasteiger partial charge on any atom is 0.129 e. The molecule has 21 heavy (non-hydrogen) atoms. The Morgan fingerprint density at radius 3 is 2.62 bits per heavy atom. The van der Waals surface area contributed by atoms with Gasteiger partial charge in [-0.05, 0) is 24.3 Å². The second-order valence-corrected chi connectivity index (χ2v) is 4.92. The highest BCUT2D eigenvalue weighted by atomic mass is 35.5. The number of nitrogens with zero attached hydrogens (tertiary/aromatic N) is 2. The van der Waals surface area contributed by atoms with E-state index in [1.165, 1.54) is 24.4 Å². The number of H-pyrrole nitrogens is 1. The van der Waals surface area contributed by atoms with Gasteiger partial charge in [0.25, 0.3) is 0 Å². The van der Waals surface area contributed by atoms with Crippen molar-refractivity contribution in [2.75, 3.05) is 0 Å². The maximum atomic E-state index is 13.6. The van der Waals surface area contributed by atoms with Crippen molar-refractivity contribution in [1.29, 1.82) is 0 Å². The van der Waals surface area contributed by atoms with Crippen LogP contribution in [0.15, 0.2) is 42.7 Å². The molecule has 0 fully saturated rings. The number of halogens is 3. The summed E-state index contributed by atoms with van der Waals surface area (Å²) in [7, 11) is 0. The fourth-order valence-corrected chi connectivity index (χ4v) is 2.28. The topological polar surface area (TPSA) is 41.6 Å². The molecule has 0 amide bonds. The first-order valence-electron chi connectivity index (χ1n) is 6.22. The number of aromatic amines is 1. The number of nitrogens with one attached hydrogen (secondary N) is 1. The van der Waals surface area contributed by atoms with Crippen molar-refractivity contribution in [3.63, 3.8) is 0 Å². The molecule has 1 N–H and O–H groups in total. The van der Waals surface area contributed by atoms with Crippen LogP contribution in [0.25, 0.3) is 11.3 Å². The fraction of sp³-hybridized carbons (Fsp3) is 0.0667. The van der Waals surface area contributed by atoms with Crippen LogP contribution in [-0.4, -0.2) is 15.2 Å². The SMILES string of the molecule is Fc1cccc(F)c1Cc1cc(-c2ccncc2Cl)n[nH]1. The Labute approximate surface area is 124 Å². The Kier molecular flexibility index (Phi) is 3.66. The van der Waals surface area contributed by atoms with Gasteiger partial charge in [-0.1, -0.05) is 17.7 Å². The number of hydrogen-bond acceptors (Lipinski definition) is 2. The fourth-order valence-electron chi connectivity index (χ4n) is 2.06. The molecule has 0 radical (unpaired) electrons. The van der Waals surface area contributed by atoms with E-state index in [0.29, 0.717) is 22.0 Å². The molecule has 0 unspecified atom stereocenters. The Bertz CT molecular complexity index is 766. The lowest BCUT2D eigenvalue weighted by atomic mass is 10.1. The van der Waals surface area contributed by atoms with E-state index < -0.39 is 11.6 Å². The molecule has 0 atom stereocenters. The lowest BCUT2D eigenvalue weighted by Gasteiger charge is -2.02. The lowest BCUT2D eigenvalue weighted by Crippen LogP contribution is -1.97. The van der Waals surface area contributed by atoms with Gasteiger partial charge in [-0.3, -0.25) is 10.1 Å². The van der Waals surface area contributed by atoms with Gasteiger partial charge in [0.2, 0.25) is 0 Å². The molecule has 0 saturated heterocycles. The Morgan fingerprint density at radius 1 is 1.14 bits per heavy atom. The molecule has 3 rings (SSSR count). The van der Waals surface area contributed by atoms with Crippen LogP contribution in [0.5, 0.6) is 0 Å². The van der Waals surface area contributed by atoms with E-state index in [1.807, 2.05) is 0 Å². The molecular weight excluding hydrogens is 296 g/mol. The van der Waals surface area contributed by atoms with Crippen LogP contribution in [0.1, 0.15) is 11.3 Å². The second-order valence-electron chi connectivity index (χ2n) is 4.51. The van der Waals surface area contributed by atoms with Gasteiger partial charge < -0.3 is 0 Å². The summed E-state index contributed by atoms with van der Waals surface area (Å²) in [6, 6.07) is 7.24. The van der Waals surface area contributed by atoms with E-state index in [0.717, 1.165) is 0 Å². The summed E-state index contributed by atoms with van der Waals surface area (Å²) in [5.41, 5.74) is 1.92. The van der Waals surface area contributed by atoms with Crippen molar-refractivity contribution in [2.24, 2.45) is 0 Å². The van der Waals surface area contributed by atoms with Crippen molar-refractivity contribution in [2.45, 2.75) is 6.42 Å². The zero-order valence-corrected chi connectivity index (χ0v) is 11.5. The molecule has 3 aromatic rings. The number of benzene rings is 1. The van der Waals surface area contributed by atoms with Crippen LogP contribution in [0, 0.1) is 11.6 Å². The number of aromatic nitrogens is 3. The van der Waals surface area contributed by atoms with E-state index >= 15 is 0 Å². The first-order chi connectivity index (χ1) is 10.1. The van der Waals surface area contributed by atoms with Crippen LogP contribution in [0.2, 0.25) is 5.02 Å². The largest absolute Gasteiger partial charge is 0.282 e. The molecule has 0 spiro atoms. The van der Waals surface area contributed by atoms with Gasteiger partial charge in [0.15, 0.2) is 0 Å². The van der Waals surface area contributed by atoms with E-state index in [2.05, 4.69) is 15.2 Å². The molecule has 1 aromatic carbocycles. The van der Waals surface area contributed by atoms with Crippen molar-refractivity contribution < 1.29 is 8.78 Å². The average Bonchev–Trinajstić information content (AvgIpc) is 2.92. The van der Waals surface area contributed by atoms with Crippen molar-refractivity contribution >= 4 is 11.6 Å². The van der Waals surface area contributed by atoms with Crippen molar-refractivity contribution in [3.8, 4) is 11.3 Å². The summed E-state index contributed by atoms with van der Waals surface area (Å²) in [6.45, 7) is 0. The molecule has 3 nitrogen and oxygen atoms in total. The van der Waals surface area contributed by atoms with Gasteiger partial charge in [-0.15, -0.1) is 0 Å². The molecule has 106 valence electrons. The zero-order chi connectivity index (χ0) is 14.8. The normalized spacial score (nSPS) is 10.8. The molecule has 2 aromatic heterocycles. The molecule has 6 heteroatoms. The Hall–Kier alpha value is -2.27. The molecule has 0 saturated carbocycles. The van der Waals surface area contributed by atoms with Crippen LogP contribution in [-0.2, 0) is 6.42 Å². The third-order valence-electron chi connectivity index (χ3n) is 3.11. The molecular formula is C15H10ClF2N3. The van der Waals surface area contributed by atoms with Gasteiger partial charge in [0.05, 0.1) is 10.7 Å². The van der Waals surface area contributed by atoms with Crippen LogP contribution >= 0.6 is 11.6 Å². The monoisotopic (exact) mass is 305 g/mol. The third-order valence-corrected chi connectivity index (χ3v) is 3.41. The predicted octanol–water partition coefficient (Wildman–Crippen LogP) is 3.99. The quantitative estimate of drug-likeness (QED) is 0.795. The highest BCUT2D eigenvalue weighted by molar-refractivity contribution is 6.33. The van der Waals surface area contributed by atoms with E-state index in [1.54, 1.807) is 18.3 Å². The van der Waals surface area contributed by atoms with Gasteiger partial charge in [-0.2, -0.15) is 5.10 Å². The van der Waals surface area contributed by atoms with Crippen LogP contribution in [0.3, 0.4) is 0 Å². The van der Waals surface area contributed by atoms with E-state index in [-0.39, 0.29) is 12.0 Å². The minimum atomic E-state index is -0.576. The first-order valence-corrected chi connectivity index (χ1v) is 6.60. The lowest BCUT2D eigenvalue weighted by molar-refractivity contribution is 0.560. The van der Waals surface area contributed by atoms with E-state index in [4.69, 9.17) is 11.6 Å². The number of hydrogen-bond donors (Lipinski definition) is 1. The summed E-state index contributed by atoms with van der Waals surface area (Å²) in [5, 5.41) is 7.36. The van der Waals surface area contributed by atoms with Gasteiger partial charge in [0, 0.05) is 35.6 Å². The molecule has 0 bridgehead atoms. The minimum absolute atomic E-state index is 0.00789. The zero-order valence-electron chi connectivity index (χ0n) is 10.8. The minimum Gasteiger partial charge on any atom is -0.282 e. The number of pyridine rings is 1. The predicted molar refractivity (Wildman–Crippen MR) is 76.0 cm³/mol. The Morgan fingerprint density at radius 2 is 1.90 bits per heavy atom. The van der Waals surface area contributed by atoms with Crippen molar-refractivity contribution in [1.82, 2.24) is 15.2 Å². The summed E-state index contributed by atoms with van der Waals surface area (Å²) >= 11 is 6.04. The van der Waals surface area contributed by atoms with Gasteiger partial charge in [-0.25, -0.2) is 8.78 Å². The summed E-state index contributed by atoms with van der Waals surface area (Å²) in [5.74, 6) is -1.15. The average molecular weight is 306 g/mol. The molecule has 0 aliphatic rings. The highest BCUT2D eigenvalue weighted by Gasteiger charge is 2.12. The molecule has 0 aliphatic carbocycles. The first kappa shape index (κ1) is 13.7. The van der Waals surface area contributed by atoms with Crippen LogP contribution < -0.4 is 0 Å². The van der Waals surface area contributed by atoms with Crippen molar-refractivity contribution in [3.05, 3.63) is 70.6 Å². The highest BCUT2D eigenvalue weighted by Crippen LogP contribution is 2.26.